The van der Waals surface area contributed by atoms with Crippen LogP contribution in [-0.4, -0.2) is 9.97 Å². The lowest BCUT2D eigenvalue weighted by Gasteiger charge is -2.08. The van der Waals surface area contributed by atoms with Crippen LogP contribution in [0.4, 0.5) is 11.5 Å². The molecule has 3 nitrogen and oxygen atoms in total. The molecule has 3 aromatic rings. The largest absolute Gasteiger partial charge is 0.340 e. The molecule has 2 aromatic carbocycles. The maximum absolute atomic E-state index is 4.29. The molecule has 1 heterocycles. The number of anilines is 2. The summed E-state index contributed by atoms with van der Waals surface area (Å²) in [5.41, 5.74) is 1.94. The van der Waals surface area contributed by atoms with Gasteiger partial charge >= 0.3 is 0 Å². The molecule has 0 aliphatic heterocycles. The normalized spacial score (nSPS) is 9.95. The van der Waals surface area contributed by atoms with E-state index in [1.54, 1.807) is 6.33 Å². The Balaban J connectivity index is 0.00000133. The van der Waals surface area contributed by atoms with Crippen LogP contribution in [0.5, 0.6) is 0 Å². The fourth-order valence-electron chi connectivity index (χ4n) is 1.77. The highest BCUT2D eigenvalue weighted by Gasteiger charge is 2.02. The molecule has 0 atom stereocenters. The number of hydrogen-bond donors (Lipinski definition) is 1. The number of nitrogens with one attached hydrogen (secondary N) is 1. The van der Waals surface area contributed by atoms with E-state index < -0.39 is 0 Å². The molecule has 0 saturated carbocycles. The van der Waals surface area contributed by atoms with E-state index >= 15 is 0 Å². The number of fused-ring (bicyclic) bond motifs is 1. The Labute approximate surface area is 125 Å². The zero-order valence-electron chi connectivity index (χ0n) is 9.88. The van der Waals surface area contributed by atoms with Gasteiger partial charge in [-0.3, -0.25) is 0 Å². The molecule has 0 spiro atoms. The van der Waals surface area contributed by atoms with Gasteiger partial charge in [0.1, 0.15) is 12.1 Å². The molecular weight excluding hydrogens is 326 g/mol. The molecular formula is C14H11BrClN3. The van der Waals surface area contributed by atoms with Gasteiger partial charge in [0.2, 0.25) is 0 Å². The van der Waals surface area contributed by atoms with Gasteiger partial charge in [-0.15, -0.1) is 12.4 Å². The third-order valence-corrected chi connectivity index (χ3v) is 3.18. The van der Waals surface area contributed by atoms with E-state index in [4.69, 9.17) is 0 Å². The summed E-state index contributed by atoms with van der Waals surface area (Å²) in [6, 6.07) is 15.9. The van der Waals surface area contributed by atoms with E-state index in [0.29, 0.717) is 0 Å². The molecule has 1 aromatic heterocycles. The van der Waals surface area contributed by atoms with Gasteiger partial charge in [0.15, 0.2) is 0 Å². The van der Waals surface area contributed by atoms with Crippen molar-refractivity contribution in [3.63, 3.8) is 0 Å². The van der Waals surface area contributed by atoms with Gasteiger partial charge in [0, 0.05) is 15.5 Å². The van der Waals surface area contributed by atoms with Crippen molar-refractivity contribution in [1.82, 2.24) is 9.97 Å². The lowest BCUT2D eigenvalue weighted by atomic mass is 10.2. The van der Waals surface area contributed by atoms with Crippen LogP contribution in [0.2, 0.25) is 0 Å². The molecule has 0 fully saturated rings. The third kappa shape index (κ3) is 3.03. The summed E-state index contributed by atoms with van der Waals surface area (Å²) >= 11 is 3.42. The predicted octanol–water partition coefficient (Wildman–Crippen LogP) is 4.56. The Hall–Kier alpha value is -1.65. The minimum Gasteiger partial charge on any atom is -0.340 e. The highest BCUT2D eigenvalue weighted by Crippen LogP contribution is 2.23. The van der Waals surface area contributed by atoms with E-state index in [9.17, 15) is 0 Å². The third-order valence-electron chi connectivity index (χ3n) is 2.65. The van der Waals surface area contributed by atoms with Gasteiger partial charge in [-0.25, -0.2) is 9.97 Å². The van der Waals surface area contributed by atoms with Gasteiger partial charge in [0.25, 0.3) is 0 Å². The second-order valence-electron chi connectivity index (χ2n) is 3.87. The van der Waals surface area contributed by atoms with Crippen LogP contribution in [0, 0.1) is 0 Å². The van der Waals surface area contributed by atoms with Crippen molar-refractivity contribution in [1.29, 1.82) is 0 Å². The molecule has 5 heteroatoms. The number of nitrogens with zero attached hydrogens (tertiary/aromatic N) is 2. The number of benzene rings is 2. The molecule has 0 aliphatic rings. The van der Waals surface area contributed by atoms with Crippen LogP contribution in [0.25, 0.3) is 10.9 Å². The summed E-state index contributed by atoms with van der Waals surface area (Å²) in [7, 11) is 0. The molecule has 0 unspecified atom stereocenters. The Kier molecular flexibility index (Phi) is 4.35. The fourth-order valence-corrected chi connectivity index (χ4v) is 2.04. The van der Waals surface area contributed by atoms with Crippen molar-refractivity contribution in [2.24, 2.45) is 0 Å². The average Bonchev–Trinajstić information content (AvgIpc) is 2.42. The summed E-state index contributed by atoms with van der Waals surface area (Å²) in [4.78, 5) is 8.53. The highest BCUT2D eigenvalue weighted by molar-refractivity contribution is 9.10. The first-order chi connectivity index (χ1) is 8.83. The molecule has 19 heavy (non-hydrogen) atoms. The first kappa shape index (κ1) is 13.8. The van der Waals surface area contributed by atoms with Gasteiger partial charge in [-0.05, 0) is 36.4 Å². The lowest BCUT2D eigenvalue weighted by molar-refractivity contribution is 1.22. The Bertz CT molecular complexity index is 680. The van der Waals surface area contributed by atoms with E-state index in [0.717, 1.165) is 26.9 Å². The summed E-state index contributed by atoms with van der Waals surface area (Å²) in [5.74, 6) is 0.822. The van der Waals surface area contributed by atoms with Crippen LogP contribution in [0.1, 0.15) is 0 Å². The van der Waals surface area contributed by atoms with Crippen molar-refractivity contribution in [2.45, 2.75) is 0 Å². The quantitative estimate of drug-likeness (QED) is 0.745. The van der Waals surface area contributed by atoms with Gasteiger partial charge in [0.05, 0.1) is 5.52 Å². The van der Waals surface area contributed by atoms with E-state index in [2.05, 4.69) is 31.2 Å². The monoisotopic (exact) mass is 335 g/mol. The minimum absolute atomic E-state index is 0. The van der Waals surface area contributed by atoms with Gasteiger partial charge in [-0.2, -0.15) is 0 Å². The molecule has 1 N–H and O–H groups in total. The van der Waals surface area contributed by atoms with Gasteiger partial charge in [-0.1, -0.05) is 28.1 Å². The molecule has 0 radical (unpaired) electrons. The molecule has 0 amide bonds. The summed E-state index contributed by atoms with van der Waals surface area (Å²) in [6.45, 7) is 0. The SMILES string of the molecule is Brc1ccc(Nc2ncnc3ccccc23)cc1.Cl. The number of rotatable bonds is 2. The fraction of sp³-hybridized carbons (Fsp3) is 0. The van der Waals surface area contributed by atoms with Crippen molar-refractivity contribution in [3.05, 3.63) is 59.3 Å². The van der Waals surface area contributed by atoms with Crippen LogP contribution in [0.3, 0.4) is 0 Å². The van der Waals surface area contributed by atoms with Crippen molar-refractivity contribution >= 4 is 50.7 Å². The van der Waals surface area contributed by atoms with Crippen molar-refractivity contribution in [2.75, 3.05) is 5.32 Å². The lowest BCUT2D eigenvalue weighted by Crippen LogP contribution is -1.95. The van der Waals surface area contributed by atoms with E-state index in [1.165, 1.54) is 0 Å². The van der Waals surface area contributed by atoms with Gasteiger partial charge < -0.3 is 5.32 Å². The molecule has 0 aliphatic carbocycles. The minimum atomic E-state index is 0. The van der Waals surface area contributed by atoms with Crippen LogP contribution >= 0.6 is 28.3 Å². The van der Waals surface area contributed by atoms with Crippen LogP contribution in [0.15, 0.2) is 59.3 Å². The standard InChI is InChI=1S/C14H10BrN3.ClH/c15-10-5-7-11(8-6-10)18-14-12-3-1-2-4-13(12)16-9-17-14;/h1-9H,(H,16,17,18);1H. The zero-order valence-corrected chi connectivity index (χ0v) is 12.3. The van der Waals surface area contributed by atoms with Crippen molar-refractivity contribution < 1.29 is 0 Å². The second-order valence-corrected chi connectivity index (χ2v) is 4.79. The summed E-state index contributed by atoms with van der Waals surface area (Å²) in [6.07, 6.45) is 1.57. The number of halogens is 2. The highest BCUT2D eigenvalue weighted by atomic mass is 79.9. The van der Waals surface area contributed by atoms with Crippen LogP contribution in [-0.2, 0) is 0 Å². The van der Waals surface area contributed by atoms with Crippen molar-refractivity contribution in [3.8, 4) is 0 Å². The number of para-hydroxylation sites is 1. The molecule has 0 bridgehead atoms. The smallest absolute Gasteiger partial charge is 0.141 e. The van der Waals surface area contributed by atoms with Crippen LogP contribution < -0.4 is 5.32 Å². The maximum atomic E-state index is 4.29. The van der Waals surface area contributed by atoms with E-state index in [-0.39, 0.29) is 12.4 Å². The van der Waals surface area contributed by atoms with E-state index in [1.807, 2.05) is 48.5 Å². The predicted molar refractivity (Wildman–Crippen MR) is 84.2 cm³/mol. The maximum Gasteiger partial charge on any atom is 0.141 e. The Morgan fingerprint density at radius 1 is 0.895 bits per heavy atom. The topological polar surface area (TPSA) is 37.8 Å². The number of hydrogen-bond acceptors (Lipinski definition) is 3. The summed E-state index contributed by atoms with van der Waals surface area (Å²) in [5, 5.41) is 4.32. The number of aromatic nitrogens is 2. The summed E-state index contributed by atoms with van der Waals surface area (Å²) < 4.78 is 1.06. The average molecular weight is 337 g/mol. The second kappa shape index (κ2) is 5.99. The Morgan fingerprint density at radius 3 is 2.42 bits per heavy atom. The Morgan fingerprint density at radius 2 is 1.63 bits per heavy atom. The first-order valence-electron chi connectivity index (χ1n) is 5.55. The molecule has 3 rings (SSSR count). The zero-order chi connectivity index (χ0) is 12.4. The first-order valence-corrected chi connectivity index (χ1v) is 6.34. The molecule has 0 saturated heterocycles. The molecule has 96 valence electrons.